The molecule has 198 valence electrons. The van der Waals surface area contributed by atoms with Crippen LogP contribution in [0, 0.1) is 0 Å². The lowest BCUT2D eigenvalue weighted by Crippen LogP contribution is -2.41. The van der Waals surface area contributed by atoms with E-state index in [9.17, 15) is 13.2 Å². The van der Waals surface area contributed by atoms with Crippen LogP contribution in [0.3, 0.4) is 0 Å². The first kappa shape index (κ1) is 26.7. The smallest absolute Gasteiger partial charge is 0.260 e. The molecule has 2 aromatic carbocycles. The highest BCUT2D eigenvalue weighted by Gasteiger charge is 2.31. The summed E-state index contributed by atoms with van der Waals surface area (Å²) in [6.07, 6.45) is 8.43. The fraction of sp³-hybridized carbons (Fsp3) is 0.321. The maximum Gasteiger partial charge on any atom is 0.260 e. The quantitative estimate of drug-likeness (QED) is 0.241. The molecule has 1 amide bonds. The van der Waals surface area contributed by atoms with Crippen LogP contribution in [0.4, 0.5) is 5.13 Å². The molecular weight excluding hydrogens is 540 g/mol. The number of thiazole rings is 1. The van der Waals surface area contributed by atoms with E-state index in [2.05, 4.69) is 9.97 Å². The third-order valence-electron chi connectivity index (χ3n) is 6.88. The number of fused-ring (bicyclic) bond motifs is 1. The van der Waals surface area contributed by atoms with Gasteiger partial charge in [-0.2, -0.15) is 4.31 Å². The average Bonchev–Trinajstić information content (AvgIpc) is 3.36. The second-order valence-electron chi connectivity index (χ2n) is 9.39. The highest BCUT2D eigenvalue weighted by Crippen LogP contribution is 2.33. The van der Waals surface area contributed by atoms with Crippen molar-refractivity contribution in [2.75, 3.05) is 11.4 Å². The molecule has 0 bridgehead atoms. The minimum absolute atomic E-state index is 0.0302. The van der Waals surface area contributed by atoms with Crippen LogP contribution in [-0.2, 0) is 16.6 Å². The molecule has 2 aromatic heterocycles. The summed E-state index contributed by atoms with van der Waals surface area (Å²) in [5.74, 6) is -0.275. The molecule has 1 aliphatic rings. The van der Waals surface area contributed by atoms with Crippen molar-refractivity contribution < 1.29 is 13.2 Å². The summed E-state index contributed by atoms with van der Waals surface area (Å²) in [5.41, 5.74) is 1.98. The number of hydrogen-bond donors (Lipinski definition) is 0. The fourth-order valence-electron chi connectivity index (χ4n) is 4.96. The number of rotatable bonds is 8. The van der Waals surface area contributed by atoms with E-state index in [1.165, 1.54) is 23.5 Å². The molecule has 0 unspecified atom stereocenters. The molecule has 1 saturated carbocycles. The van der Waals surface area contributed by atoms with Gasteiger partial charge in [0.05, 0.1) is 21.7 Å². The van der Waals surface area contributed by atoms with E-state index in [0.717, 1.165) is 47.9 Å². The second kappa shape index (κ2) is 11.5. The Hall–Kier alpha value is -2.85. The van der Waals surface area contributed by atoms with Crippen molar-refractivity contribution in [2.24, 2.45) is 0 Å². The Morgan fingerprint density at radius 1 is 1.08 bits per heavy atom. The van der Waals surface area contributed by atoms with Gasteiger partial charge in [0.2, 0.25) is 10.0 Å². The van der Waals surface area contributed by atoms with Crippen LogP contribution in [0.25, 0.3) is 10.2 Å². The lowest BCUT2D eigenvalue weighted by molar-refractivity contribution is 0.0985. The largest absolute Gasteiger partial charge is 0.279 e. The Balaban J connectivity index is 1.45. The zero-order valence-corrected chi connectivity index (χ0v) is 23.5. The molecule has 4 aromatic rings. The summed E-state index contributed by atoms with van der Waals surface area (Å²) < 4.78 is 29.4. The van der Waals surface area contributed by atoms with Crippen molar-refractivity contribution in [3.63, 3.8) is 0 Å². The predicted octanol–water partition coefficient (Wildman–Crippen LogP) is 6.54. The topological polar surface area (TPSA) is 83.5 Å². The van der Waals surface area contributed by atoms with Gasteiger partial charge in [0, 0.05) is 35.6 Å². The lowest BCUT2D eigenvalue weighted by Gasteiger charge is -2.32. The Kier molecular flexibility index (Phi) is 8.09. The van der Waals surface area contributed by atoms with Crippen molar-refractivity contribution in [1.29, 1.82) is 0 Å². The van der Waals surface area contributed by atoms with Crippen molar-refractivity contribution in [3.05, 3.63) is 83.1 Å². The highest BCUT2D eigenvalue weighted by atomic mass is 35.5. The Morgan fingerprint density at radius 2 is 1.84 bits per heavy atom. The molecule has 7 nitrogen and oxygen atoms in total. The summed E-state index contributed by atoms with van der Waals surface area (Å²) in [6, 6.07) is 15.4. The summed E-state index contributed by atoms with van der Waals surface area (Å²) >= 11 is 7.55. The molecule has 0 radical (unpaired) electrons. The summed E-state index contributed by atoms with van der Waals surface area (Å²) in [6.45, 7) is 2.57. The molecule has 10 heteroatoms. The Bertz CT molecular complexity index is 1520. The first-order chi connectivity index (χ1) is 18.4. The van der Waals surface area contributed by atoms with Crippen LogP contribution in [0.2, 0.25) is 5.02 Å². The fourth-order valence-corrected chi connectivity index (χ4v) is 7.89. The van der Waals surface area contributed by atoms with E-state index in [1.54, 1.807) is 39.8 Å². The lowest BCUT2D eigenvalue weighted by atomic mass is 9.95. The zero-order valence-electron chi connectivity index (χ0n) is 21.1. The molecule has 5 rings (SSSR count). The molecule has 0 saturated heterocycles. The van der Waals surface area contributed by atoms with Gasteiger partial charge in [-0.15, -0.1) is 0 Å². The number of hydrogen-bond acceptors (Lipinski definition) is 6. The molecule has 1 aliphatic carbocycles. The van der Waals surface area contributed by atoms with Crippen molar-refractivity contribution >= 4 is 54.2 Å². The average molecular weight is 569 g/mol. The minimum atomic E-state index is -3.66. The van der Waals surface area contributed by atoms with E-state index >= 15 is 0 Å². The van der Waals surface area contributed by atoms with Crippen LogP contribution in [-0.4, -0.2) is 41.2 Å². The monoisotopic (exact) mass is 568 g/mol. The molecule has 38 heavy (non-hydrogen) atoms. The second-order valence-corrected chi connectivity index (χ2v) is 12.7. The van der Waals surface area contributed by atoms with Gasteiger partial charge >= 0.3 is 0 Å². The zero-order chi connectivity index (χ0) is 26.7. The maximum absolute atomic E-state index is 13.8. The van der Waals surface area contributed by atoms with E-state index in [1.807, 2.05) is 31.2 Å². The van der Waals surface area contributed by atoms with Crippen molar-refractivity contribution in [1.82, 2.24) is 14.3 Å². The van der Waals surface area contributed by atoms with Gasteiger partial charge < -0.3 is 0 Å². The highest BCUT2D eigenvalue weighted by molar-refractivity contribution is 7.89. The SMILES string of the molecule is CCN(C1CCCCC1)S(=O)(=O)c1ccc(C(=O)N(Cc2cccnc2)c2nc3ccc(Cl)cc3s2)cc1. The number of carbonyl (C=O) groups is 1. The number of pyridine rings is 1. The normalized spacial score (nSPS) is 14.7. The van der Waals surface area contributed by atoms with Crippen molar-refractivity contribution in [3.8, 4) is 0 Å². The number of nitrogens with zero attached hydrogens (tertiary/aromatic N) is 4. The number of benzene rings is 2. The molecule has 1 fully saturated rings. The number of amides is 1. The number of aromatic nitrogens is 2. The third kappa shape index (κ3) is 5.61. The van der Waals surface area contributed by atoms with E-state index < -0.39 is 10.0 Å². The van der Waals surface area contributed by atoms with Crippen LogP contribution >= 0.6 is 22.9 Å². The maximum atomic E-state index is 13.8. The van der Waals surface area contributed by atoms with Gasteiger partial charge in [-0.05, 0) is 66.9 Å². The van der Waals surface area contributed by atoms with Gasteiger partial charge in [0.1, 0.15) is 0 Å². The molecular formula is C28H29ClN4O3S2. The molecule has 0 aliphatic heterocycles. The summed E-state index contributed by atoms with van der Waals surface area (Å²) in [7, 11) is -3.66. The van der Waals surface area contributed by atoms with E-state index in [4.69, 9.17) is 11.6 Å². The van der Waals surface area contributed by atoms with Crippen LogP contribution in [0.15, 0.2) is 71.9 Å². The van der Waals surface area contributed by atoms with Gasteiger partial charge in [0.15, 0.2) is 5.13 Å². The number of carbonyl (C=O) groups excluding carboxylic acids is 1. The first-order valence-electron chi connectivity index (χ1n) is 12.8. The molecule has 2 heterocycles. The molecule has 0 spiro atoms. The summed E-state index contributed by atoms with van der Waals surface area (Å²) in [4.78, 5) is 24.4. The van der Waals surface area contributed by atoms with Crippen molar-refractivity contribution in [2.45, 2.75) is 56.5 Å². The van der Waals surface area contributed by atoms with E-state index in [0.29, 0.717) is 22.3 Å². The van der Waals surface area contributed by atoms with E-state index in [-0.39, 0.29) is 23.4 Å². The minimum Gasteiger partial charge on any atom is -0.279 e. The third-order valence-corrected chi connectivity index (χ3v) is 10.2. The Morgan fingerprint density at radius 3 is 2.53 bits per heavy atom. The van der Waals surface area contributed by atoms with Gasteiger partial charge in [0.25, 0.3) is 5.91 Å². The van der Waals surface area contributed by atoms with Crippen LogP contribution < -0.4 is 4.90 Å². The number of anilines is 1. The molecule has 0 atom stereocenters. The van der Waals surface area contributed by atoms with Gasteiger partial charge in [-0.1, -0.05) is 55.2 Å². The molecule has 0 N–H and O–H groups in total. The predicted molar refractivity (Wildman–Crippen MR) is 152 cm³/mol. The summed E-state index contributed by atoms with van der Waals surface area (Å²) in [5, 5.41) is 1.13. The van der Waals surface area contributed by atoms with Gasteiger partial charge in [-0.3, -0.25) is 14.7 Å². The number of halogens is 1. The van der Waals surface area contributed by atoms with Crippen LogP contribution in [0.5, 0.6) is 0 Å². The van der Waals surface area contributed by atoms with Crippen LogP contribution in [0.1, 0.15) is 54.9 Å². The first-order valence-corrected chi connectivity index (χ1v) is 15.4. The number of sulfonamides is 1. The Labute approximate surface area is 232 Å². The van der Waals surface area contributed by atoms with Gasteiger partial charge in [-0.25, -0.2) is 13.4 Å². The standard InChI is InChI=1S/C28H29ClN4O3S2/c1-2-33(23-8-4-3-5-9-23)38(35,36)24-13-10-21(11-14-24)27(34)32(19-20-7-6-16-30-18-20)28-31-25-15-12-22(29)17-26(25)37-28/h6-7,10-18,23H,2-5,8-9,19H2,1H3.